The molecule has 0 aromatic carbocycles. The highest BCUT2D eigenvalue weighted by atomic mass is 16.8. The Labute approximate surface area is 131 Å². The zero-order valence-corrected chi connectivity index (χ0v) is 13.3. The molecular weight excluding hydrogens is 280 g/mol. The molecule has 7 atom stereocenters. The molecule has 22 heavy (non-hydrogen) atoms. The number of carbonyl (C=O) groups is 1. The number of fused-ring (bicyclic) bond motifs is 2. The summed E-state index contributed by atoms with van der Waals surface area (Å²) in [4.78, 5) is 12.5. The van der Waals surface area contributed by atoms with E-state index in [0.717, 1.165) is 38.5 Å². The van der Waals surface area contributed by atoms with E-state index in [0.29, 0.717) is 30.1 Å². The molecule has 122 valence electrons. The molecule has 2 aliphatic heterocycles. The minimum absolute atomic E-state index is 0.0490. The second kappa shape index (κ2) is 4.27. The topological polar surface area (TPSA) is 55.8 Å². The summed E-state index contributed by atoms with van der Waals surface area (Å²) in [6.07, 6.45) is 7.77. The second-order valence-electron chi connectivity index (χ2n) is 8.61. The van der Waals surface area contributed by atoms with Crippen molar-refractivity contribution in [2.24, 2.45) is 35.0 Å². The summed E-state index contributed by atoms with van der Waals surface area (Å²) in [6, 6.07) is 0. The first-order chi connectivity index (χ1) is 10.5. The molecule has 0 radical (unpaired) electrons. The van der Waals surface area contributed by atoms with Crippen LogP contribution < -0.4 is 0 Å². The van der Waals surface area contributed by atoms with Crippen LogP contribution in [0, 0.1) is 35.0 Å². The molecule has 3 unspecified atom stereocenters. The molecule has 1 N–H and O–H groups in total. The molecule has 0 aromatic heterocycles. The smallest absolute Gasteiger partial charge is 0.314 e. The quantitative estimate of drug-likeness (QED) is 0.699. The molecule has 5 rings (SSSR count). The monoisotopic (exact) mass is 306 g/mol. The molecule has 4 nitrogen and oxygen atoms in total. The lowest BCUT2D eigenvalue weighted by Crippen LogP contribution is -2.61. The average Bonchev–Trinajstić information content (AvgIpc) is 3.26. The standard InChI is InChI=1S/C18H26O4/c1-10-2-5-13-14-12(10)4-3-11-6-7-18(11,20)22-15(14)21-16(19)17(13)8-9-17/h10-15,20H,2-9H2,1H3/t10-,11?,12+,13?,14?,15-,18-/m1/s1. The van der Waals surface area contributed by atoms with Crippen LogP contribution in [-0.4, -0.2) is 23.2 Å². The van der Waals surface area contributed by atoms with E-state index in [-0.39, 0.29) is 17.3 Å². The van der Waals surface area contributed by atoms with Crippen LogP contribution in [0.1, 0.15) is 58.3 Å². The Kier molecular flexibility index (Phi) is 2.68. The van der Waals surface area contributed by atoms with Crippen LogP contribution in [0.15, 0.2) is 0 Å². The van der Waals surface area contributed by atoms with Crippen LogP contribution in [0.4, 0.5) is 0 Å². The van der Waals surface area contributed by atoms with E-state index in [2.05, 4.69) is 6.92 Å². The minimum Gasteiger partial charge on any atom is -0.435 e. The molecule has 3 aliphatic carbocycles. The summed E-state index contributed by atoms with van der Waals surface area (Å²) < 4.78 is 11.9. The predicted octanol–water partition coefficient (Wildman–Crippen LogP) is 2.84. The molecule has 0 bridgehead atoms. The maximum Gasteiger partial charge on any atom is 0.314 e. The van der Waals surface area contributed by atoms with Crippen molar-refractivity contribution >= 4 is 5.97 Å². The van der Waals surface area contributed by atoms with Gasteiger partial charge in [0.05, 0.1) is 5.41 Å². The summed E-state index contributed by atoms with van der Waals surface area (Å²) in [5, 5.41) is 10.7. The van der Waals surface area contributed by atoms with Crippen molar-refractivity contribution in [3.63, 3.8) is 0 Å². The summed E-state index contributed by atoms with van der Waals surface area (Å²) in [6.45, 7) is 2.35. The van der Waals surface area contributed by atoms with E-state index in [1.807, 2.05) is 0 Å². The van der Waals surface area contributed by atoms with Crippen molar-refractivity contribution in [2.45, 2.75) is 70.4 Å². The largest absolute Gasteiger partial charge is 0.435 e. The average molecular weight is 306 g/mol. The maximum absolute atomic E-state index is 12.5. The van der Waals surface area contributed by atoms with Gasteiger partial charge in [-0.1, -0.05) is 13.3 Å². The lowest BCUT2D eigenvalue weighted by molar-refractivity contribution is -0.373. The number of aliphatic hydroxyl groups is 1. The van der Waals surface area contributed by atoms with Gasteiger partial charge in [0.25, 0.3) is 0 Å². The normalized spacial score (nSPS) is 55.1. The van der Waals surface area contributed by atoms with Crippen LogP contribution in [0.25, 0.3) is 0 Å². The maximum atomic E-state index is 12.5. The van der Waals surface area contributed by atoms with Gasteiger partial charge in [0, 0.05) is 18.3 Å². The third-order valence-electron chi connectivity index (χ3n) is 7.72. The molecule has 3 saturated carbocycles. The van der Waals surface area contributed by atoms with Gasteiger partial charge in [-0.15, -0.1) is 0 Å². The Hall–Kier alpha value is -0.610. The van der Waals surface area contributed by atoms with Gasteiger partial charge in [-0.05, 0) is 56.3 Å². The SMILES string of the molecule is C[C@@H]1CCC2C3[C@H](OC(=O)C24CC4)O[C@]2(O)CCC2CC[C@H]31. The van der Waals surface area contributed by atoms with Gasteiger partial charge in [0.1, 0.15) is 0 Å². The van der Waals surface area contributed by atoms with Gasteiger partial charge in [-0.25, -0.2) is 0 Å². The van der Waals surface area contributed by atoms with E-state index >= 15 is 0 Å². The van der Waals surface area contributed by atoms with E-state index < -0.39 is 12.1 Å². The van der Waals surface area contributed by atoms with E-state index in [1.54, 1.807) is 0 Å². The Bertz CT molecular complexity index is 513. The van der Waals surface area contributed by atoms with Crippen LogP contribution in [-0.2, 0) is 14.3 Å². The van der Waals surface area contributed by atoms with Gasteiger partial charge in [-0.2, -0.15) is 0 Å². The fourth-order valence-corrected chi connectivity index (χ4v) is 6.02. The second-order valence-corrected chi connectivity index (χ2v) is 8.61. The lowest BCUT2D eigenvalue weighted by Gasteiger charge is -2.56. The van der Waals surface area contributed by atoms with Crippen molar-refractivity contribution in [1.29, 1.82) is 0 Å². The molecule has 2 heterocycles. The first-order valence-corrected chi connectivity index (χ1v) is 9.15. The van der Waals surface area contributed by atoms with Crippen LogP contribution >= 0.6 is 0 Å². The number of rotatable bonds is 0. The zero-order valence-electron chi connectivity index (χ0n) is 13.3. The fraction of sp³-hybridized carbons (Fsp3) is 0.944. The lowest BCUT2D eigenvalue weighted by atomic mass is 9.58. The molecule has 0 aromatic rings. The summed E-state index contributed by atoms with van der Waals surface area (Å²) in [5.41, 5.74) is -0.191. The number of esters is 1. The van der Waals surface area contributed by atoms with Crippen LogP contribution in [0.5, 0.6) is 0 Å². The molecule has 5 fully saturated rings. The van der Waals surface area contributed by atoms with Crippen LogP contribution in [0.2, 0.25) is 0 Å². The van der Waals surface area contributed by atoms with Crippen molar-refractivity contribution in [3.8, 4) is 0 Å². The van der Waals surface area contributed by atoms with Gasteiger partial charge in [0.15, 0.2) is 5.79 Å². The Balaban J connectivity index is 1.53. The van der Waals surface area contributed by atoms with Crippen molar-refractivity contribution in [1.82, 2.24) is 0 Å². The van der Waals surface area contributed by atoms with Crippen molar-refractivity contribution < 1.29 is 19.4 Å². The molecule has 4 heteroatoms. The first kappa shape index (κ1) is 13.8. The van der Waals surface area contributed by atoms with Gasteiger partial charge in [0.2, 0.25) is 6.29 Å². The third-order valence-corrected chi connectivity index (χ3v) is 7.72. The molecule has 1 spiro atoms. The Morgan fingerprint density at radius 3 is 2.59 bits per heavy atom. The van der Waals surface area contributed by atoms with E-state index in [9.17, 15) is 9.90 Å². The molecular formula is C18H26O4. The first-order valence-electron chi connectivity index (χ1n) is 9.15. The summed E-state index contributed by atoms with van der Waals surface area (Å²) in [7, 11) is 0. The van der Waals surface area contributed by atoms with E-state index in [1.165, 1.54) is 6.42 Å². The van der Waals surface area contributed by atoms with Crippen LogP contribution in [0.3, 0.4) is 0 Å². The highest BCUT2D eigenvalue weighted by molar-refractivity contribution is 5.81. The minimum atomic E-state index is -1.03. The number of hydrogen-bond donors (Lipinski definition) is 1. The van der Waals surface area contributed by atoms with Gasteiger partial charge in [-0.3, -0.25) is 4.79 Å². The van der Waals surface area contributed by atoms with Crippen molar-refractivity contribution in [2.75, 3.05) is 0 Å². The highest BCUT2D eigenvalue weighted by Gasteiger charge is 2.67. The number of ether oxygens (including phenoxy) is 2. The third kappa shape index (κ3) is 1.63. The number of carbonyl (C=O) groups excluding carboxylic acids is 1. The summed E-state index contributed by atoms with van der Waals surface area (Å²) >= 11 is 0. The molecule has 5 aliphatic rings. The highest BCUT2D eigenvalue weighted by Crippen LogP contribution is 2.65. The Morgan fingerprint density at radius 2 is 1.91 bits per heavy atom. The molecule has 0 amide bonds. The van der Waals surface area contributed by atoms with Crippen molar-refractivity contribution in [3.05, 3.63) is 0 Å². The predicted molar refractivity (Wildman–Crippen MR) is 78.4 cm³/mol. The Morgan fingerprint density at radius 1 is 1.09 bits per heavy atom. The summed E-state index contributed by atoms with van der Waals surface area (Å²) in [5.74, 6) is 1.12. The number of hydrogen-bond acceptors (Lipinski definition) is 4. The molecule has 2 saturated heterocycles. The van der Waals surface area contributed by atoms with Gasteiger partial charge < -0.3 is 14.6 Å². The van der Waals surface area contributed by atoms with E-state index in [4.69, 9.17) is 9.47 Å². The zero-order chi connectivity index (χ0) is 15.1. The fourth-order valence-electron chi connectivity index (χ4n) is 6.02. The van der Waals surface area contributed by atoms with Gasteiger partial charge >= 0.3 is 5.97 Å².